The molecule has 0 radical (unpaired) electrons. The summed E-state index contributed by atoms with van der Waals surface area (Å²) in [6, 6.07) is 0. The predicted octanol–water partition coefficient (Wildman–Crippen LogP) is 4.72. The summed E-state index contributed by atoms with van der Waals surface area (Å²) in [7, 11) is 0. The van der Waals surface area contributed by atoms with Gasteiger partial charge in [-0.25, -0.2) is 0 Å². The Morgan fingerprint density at radius 2 is 0.800 bits per heavy atom. The van der Waals surface area contributed by atoms with Crippen molar-refractivity contribution in [3.05, 3.63) is 0 Å². The maximum Gasteiger partial charge on any atom is 0.220 e. The van der Waals surface area contributed by atoms with Crippen molar-refractivity contribution in [1.82, 2.24) is 10.6 Å². The maximum atomic E-state index is 12.7. The molecule has 4 nitrogen and oxygen atoms in total. The average Bonchev–Trinajstić information content (AvgIpc) is 2.62. The molecular weight excluding hydrogens is 372 g/mol. The average molecular weight is 413 g/mol. The first-order valence-electron chi connectivity index (χ1n) is 13.1. The monoisotopic (exact) mass is 412 g/mol. The molecule has 0 atom stereocenters. The molecule has 30 heavy (non-hydrogen) atoms. The van der Waals surface area contributed by atoms with E-state index in [-0.39, 0.29) is 22.9 Å². The van der Waals surface area contributed by atoms with Crippen LogP contribution in [-0.4, -0.2) is 22.9 Å². The number of carbonyl (C=O) groups excluding carboxylic acids is 2. The Bertz CT molecular complexity index is 583. The number of hydrogen-bond donors (Lipinski definition) is 2. The Hall–Kier alpha value is -1.06. The number of unbranched alkanes of at least 4 members (excludes halogenated alkanes) is 1. The minimum Gasteiger partial charge on any atom is -0.351 e. The van der Waals surface area contributed by atoms with E-state index in [1.54, 1.807) is 0 Å². The molecule has 166 valence electrons. The van der Waals surface area contributed by atoms with Crippen LogP contribution in [-0.2, 0) is 9.59 Å². The number of nitrogens with one attached hydrogen (secondary N) is 2. The van der Waals surface area contributed by atoms with Gasteiger partial charge < -0.3 is 10.6 Å². The standard InChI is InChI=1S/C26H40N2O2/c29-23(27-25-11-17-5-18(12-25)7-19(6-17)13-25)3-1-2-4-24(30)28-26-14-20-8-21(15-26)10-22(9-20)16-26/h17-22H,1-16H2,(H,27,29)(H,28,30). The van der Waals surface area contributed by atoms with E-state index in [0.29, 0.717) is 12.8 Å². The van der Waals surface area contributed by atoms with Crippen molar-refractivity contribution in [3.63, 3.8) is 0 Å². The van der Waals surface area contributed by atoms with Crippen LogP contribution in [0.5, 0.6) is 0 Å². The Labute approximate surface area is 181 Å². The molecule has 0 aliphatic heterocycles. The SMILES string of the molecule is O=C(CCCCC(=O)NC12CC3CC(CC(C3)C1)C2)NC12CC3CC(CC(C3)C1)C2. The number of carbonyl (C=O) groups is 2. The van der Waals surface area contributed by atoms with Gasteiger partial charge in [0.25, 0.3) is 0 Å². The van der Waals surface area contributed by atoms with E-state index < -0.39 is 0 Å². The van der Waals surface area contributed by atoms with Gasteiger partial charge in [-0.2, -0.15) is 0 Å². The summed E-state index contributed by atoms with van der Waals surface area (Å²) in [4.78, 5) is 25.3. The second-order valence-electron chi connectivity index (χ2n) is 12.7. The first-order valence-corrected chi connectivity index (χ1v) is 13.1. The van der Waals surface area contributed by atoms with E-state index in [1.807, 2.05) is 0 Å². The van der Waals surface area contributed by atoms with Gasteiger partial charge in [0, 0.05) is 23.9 Å². The van der Waals surface area contributed by atoms with Gasteiger partial charge in [0.1, 0.15) is 0 Å². The lowest BCUT2D eigenvalue weighted by Crippen LogP contribution is -2.60. The van der Waals surface area contributed by atoms with Gasteiger partial charge in [0.05, 0.1) is 0 Å². The molecule has 8 aliphatic rings. The van der Waals surface area contributed by atoms with Crippen LogP contribution < -0.4 is 10.6 Å². The lowest BCUT2D eigenvalue weighted by atomic mass is 9.53. The molecular formula is C26H40N2O2. The molecule has 0 spiro atoms. The number of hydrogen-bond acceptors (Lipinski definition) is 2. The third-order valence-corrected chi connectivity index (χ3v) is 9.94. The van der Waals surface area contributed by atoms with E-state index >= 15 is 0 Å². The van der Waals surface area contributed by atoms with Crippen LogP contribution in [0.4, 0.5) is 0 Å². The Morgan fingerprint density at radius 1 is 0.533 bits per heavy atom. The Morgan fingerprint density at radius 3 is 1.07 bits per heavy atom. The van der Waals surface area contributed by atoms with Crippen molar-refractivity contribution in [2.24, 2.45) is 35.5 Å². The molecule has 0 heterocycles. The topological polar surface area (TPSA) is 58.2 Å². The van der Waals surface area contributed by atoms with Crippen LogP contribution in [0.3, 0.4) is 0 Å². The highest BCUT2D eigenvalue weighted by Crippen LogP contribution is 2.56. The normalized spacial score (nSPS) is 47.5. The summed E-state index contributed by atoms with van der Waals surface area (Å²) in [6.45, 7) is 0. The van der Waals surface area contributed by atoms with E-state index in [4.69, 9.17) is 0 Å². The third-order valence-electron chi connectivity index (χ3n) is 9.94. The van der Waals surface area contributed by atoms with Gasteiger partial charge >= 0.3 is 0 Å². The summed E-state index contributed by atoms with van der Waals surface area (Å²) in [5.74, 6) is 5.66. The quantitative estimate of drug-likeness (QED) is 0.595. The second kappa shape index (κ2) is 7.24. The summed E-state index contributed by atoms with van der Waals surface area (Å²) >= 11 is 0. The minimum absolute atomic E-state index is 0.127. The smallest absolute Gasteiger partial charge is 0.220 e. The summed E-state index contributed by atoms with van der Waals surface area (Å²) < 4.78 is 0. The number of rotatable bonds is 7. The Kier molecular flexibility index (Phi) is 4.73. The molecule has 2 amide bonds. The fourth-order valence-corrected chi connectivity index (χ4v) is 9.82. The molecule has 0 unspecified atom stereocenters. The van der Waals surface area contributed by atoms with Crippen molar-refractivity contribution in [3.8, 4) is 0 Å². The lowest BCUT2D eigenvalue weighted by Gasteiger charge is -2.57. The summed E-state index contributed by atoms with van der Waals surface area (Å²) in [5.41, 5.74) is 0.253. The van der Waals surface area contributed by atoms with E-state index in [0.717, 1.165) is 48.3 Å². The molecule has 8 fully saturated rings. The van der Waals surface area contributed by atoms with Crippen molar-refractivity contribution in [1.29, 1.82) is 0 Å². The maximum absolute atomic E-state index is 12.7. The van der Waals surface area contributed by atoms with Gasteiger partial charge in [-0.1, -0.05) is 0 Å². The highest BCUT2D eigenvalue weighted by atomic mass is 16.2. The molecule has 8 aliphatic carbocycles. The second-order valence-corrected chi connectivity index (χ2v) is 12.7. The van der Waals surface area contributed by atoms with Crippen LogP contribution in [0.15, 0.2) is 0 Å². The molecule has 4 heteroatoms. The highest BCUT2D eigenvalue weighted by molar-refractivity contribution is 5.78. The van der Waals surface area contributed by atoms with Crippen molar-refractivity contribution < 1.29 is 9.59 Å². The molecule has 0 aromatic carbocycles. The molecule has 2 N–H and O–H groups in total. The zero-order valence-corrected chi connectivity index (χ0v) is 18.6. The van der Waals surface area contributed by atoms with Gasteiger partial charge in [0.15, 0.2) is 0 Å². The zero-order chi connectivity index (χ0) is 20.3. The van der Waals surface area contributed by atoms with Gasteiger partial charge in [-0.15, -0.1) is 0 Å². The van der Waals surface area contributed by atoms with Gasteiger partial charge in [0.2, 0.25) is 11.8 Å². The van der Waals surface area contributed by atoms with Crippen LogP contribution in [0.1, 0.15) is 103 Å². The van der Waals surface area contributed by atoms with Gasteiger partial charge in [-0.05, 0) is 125 Å². The third kappa shape index (κ3) is 3.71. The molecule has 8 saturated carbocycles. The summed E-state index contributed by atoms with van der Waals surface area (Å²) in [5, 5.41) is 6.95. The van der Waals surface area contributed by atoms with Crippen LogP contribution in [0.25, 0.3) is 0 Å². The first kappa shape index (κ1) is 19.6. The van der Waals surface area contributed by atoms with E-state index in [9.17, 15) is 9.59 Å². The minimum atomic E-state index is 0.127. The van der Waals surface area contributed by atoms with Crippen LogP contribution in [0.2, 0.25) is 0 Å². The van der Waals surface area contributed by atoms with E-state index in [2.05, 4.69) is 10.6 Å². The first-order chi connectivity index (χ1) is 14.5. The lowest BCUT2D eigenvalue weighted by molar-refractivity contribution is -0.129. The van der Waals surface area contributed by atoms with Crippen molar-refractivity contribution in [2.45, 2.75) is 114 Å². The number of amides is 2. The highest BCUT2D eigenvalue weighted by Gasteiger charge is 2.52. The van der Waals surface area contributed by atoms with E-state index in [1.165, 1.54) is 77.0 Å². The van der Waals surface area contributed by atoms with Crippen LogP contribution >= 0.6 is 0 Å². The van der Waals surface area contributed by atoms with Crippen molar-refractivity contribution >= 4 is 11.8 Å². The molecule has 8 rings (SSSR count). The fourth-order valence-electron chi connectivity index (χ4n) is 9.82. The molecule has 8 bridgehead atoms. The van der Waals surface area contributed by atoms with Gasteiger partial charge in [-0.3, -0.25) is 9.59 Å². The predicted molar refractivity (Wildman–Crippen MR) is 117 cm³/mol. The summed E-state index contributed by atoms with van der Waals surface area (Å²) in [6.07, 6.45) is 18.6. The van der Waals surface area contributed by atoms with Crippen molar-refractivity contribution in [2.75, 3.05) is 0 Å². The fraction of sp³-hybridized carbons (Fsp3) is 0.923. The molecule has 0 aromatic rings. The zero-order valence-electron chi connectivity index (χ0n) is 18.6. The van der Waals surface area contributed by atoms with Crippen LogP contribution in [0, 0.1) is 35.5 Å². The molecule has 0 aromatic heterocycles. The molecule has 0 saturated heterocycles. The Balaban J connectivity index is 0.934. The largest absolute Gasteiger partial charge is 0.351 e.